The molecule has 6 atom stereocenters. The molecule has 2 fully saturated rings. The molecule has 0 aromatic heterocycles. The molecule has 156 valence electrons. The Hall–Kier alpha value is -2.01. The molecule has 0 aliphatic heterocycles. The average molecular weight is 398 g/mol. The van der Waals surface area contributed by atoms with E-state index in [1.807, 2.05) is 12.2 Å². The van der Waals surface area contributed by atoms with E-state index in [0.29, 0.717) is 12.0 Å². The lowest BCUT2D eigenvalue weighted by Crippen LogP contribution is -2.62. The van der Waals surface area contributed by atoms with Crippen LogP contribution in [0.4, 0.5) is 0 Å². The lowest BCUT2D eigenvalue weighted by Gasteiger charge is -2.64. The van der Waals surface area contributed by atoms with Gasteiger partial charge in [-0.3, -0.25) is 14.4 Å². The topological polar surface area (TPSA) is 80.7 Å². The quantitative estimate of drug-likeness (QED) is 0.738. The van der Waals surface area contributed by atoms with Crippen molar-refractivity contribution in [3.8, 4) is 0 Å². The first-order valence-electron chi connectivity index (χ1n) is 10.5. The molecule has 4 aliphatic rings. The lowest BCUT2D eigenvalue weighted by atomic mass is 9.40. The van der Waals surface area contributed by atoms with Crippen molar-refractivity contribution < 1.29 is 24.2 Å². The van der Waals surface area contributed by atoms with Crippen LogP contribution in [0.3, 0.4) is 0 Å². The van der Waals surface area contributed by atoms with E-state index in [0.717, 1.165) is 24.8 Å². The van der Waals surface area contributed by atoms with Gasteiger partial charge in [-0.15, -0.1) is 0 Å². The summed E-state index contributed by atoms with van der Waals surface area (Å²) in [5.74, 6) is -0.126. The summed E-state index contributed by atoms with van der Waals surface area (Å²) in [6.45, 7) is 7.45. The second kappa shape index (κ2) is 6.49. The minimum atomic E-state index is -0.608. The Morgan fingerprint density at radius 1 is 1.24 bits per heavy atom. The Bertz CT molecular complexity index is 880. The van der Waals surface area contributed by atoms with Crippen LogP contribution in [-0.2, 0) is 19.1 Å². The van der Waals surface area contributed by atoms with Crippen LogP contribution in [0.2, 0.25) is 0 Å². The maximum atomic E-state index is 12.8. The van der Waals surface area contributed by atoms with Crippen LogP contribution in [0.15, 0.2) is 35.5 Å². The summed E-state index contributed by atoms with van der Waals surface area (Å²) >= 11 is 0. The number of ketones is 2. The number of aliphatic hydroxyl groups is 1. The number of Topliss-reactive ketones (excluding diaryl/α,β-unsaturated/α-hetero) is 1. The number of allylic oxidation sites excluding steroid dienone is 5. The predicted octanol–water partition coefficient (Wildman–Crippen LogP) is 3.32. The van der Waals surface area contributed by atoms with E-state index < -0.39 is 22.9 Å². The molecule has 0 aromatic carbocycles. The van der Waals surface area contributed by atoms with Crippen LogP contribution < -0.4 is 0 Å². The van der Waals surface area contributed by atoms with Gasteiger partial charge in [-0.1, -0.05) is 38.5 Å². The summed E-state index contributed by atoms with van der Waals surface area (Å²) in [7, 11) is 0. The van der Waals surface area contributed by atoms with Crippen molar-refractivity contribution in [2.24, 2.45) is 28.1 Å². The Balaban J connectivity index is 1.68. The molecule has 5 heteroatoms. The van der Waals surface area contributed by atoms with Crippen molar-refractivity contribution in [1.29, 1.82) is 0 Å². The van der Waals surface area contributed by atoms with E-state index >= 15 is 0 Å². The molecule has 5 nitrogen and oxygen atoms in total. The molecular formula is C24H30O5. The summed E-state index contributed by atoms with van der Waals surface area (Å²) in [6, 6.07) is 0. The normalized spacial score (nSPS) is 42.9. The minimum Gasteiger partial charge on any atom is -0.457 e. The zero-order chi connectivity index (χ0) is 21.2. The standard InChI is InChI=1S/C24H30O5/c1-14(25)29-13-20(27)19-8-7-17-18-6-5-15-11-16(26)9-10-23(15,3)24(18,4)21(28)12-22(17,19)2/h8-11,17-18,21,28H,5-7,12-13H2,1-4H3/t17-,18-,21-,22-,23-,24+/m0/s1. The van der Waals surface area contributed by atoms with Gasteiger partial charge in [-0.2, -0.15) is 0 Å². The Morgan fingerprint density at radius 2 is 1.97 bits per heavy atom. The first kappa shape index (κ1) is 20.3. The fraction of sp³-hybridized carbons (Fsp3) is 0.625. The van der Waals surface area contributed by atoms with Crippen LogP contribution >= 0.6 is 0 Å². The molecule has 0 amide bonds. The number of carbonyl (C=O) groups is 3. The maximum Gasteiger partial charge on any atom is 0.303 e. The van der Waals surface area contributed by atoms with Gasteiger partial charge in [0.2, 0.25) is 0 Å². The molecule has 0 radical (unpaired) electrons. The van der Waals surface area contributed by atoms with Gasteiger partial charge in [0.25, 0.3) is 0 Å². The Kier molecular flexibility index (Phi) is 4.54. The molecule has 0 spiro atoms. The molecule has 4 rings (SSSR count). The fourth-order valence-electron chi connectivity index (χ4n) is 6.89. The second-order valence-corrected chi connectivity index (χ2v) is 9.84. The second-order valence-electron chi connectivity index (χ2n) is 9.84. The van der Waals surface area contributed by atoms with Crippen molar-refractivity contribution in [1.82, 2.24) is 0 Å². The van der Waals surface area contributed by atoms with E-state index in [4.69, 9.17) is 4.74 Å². The average Bonchev–Trinajstić information content (AvgIpc) is 2.98. The van der Waals surface area contributed by atoms with Crippen LogP contribution in [0.1, 0.15) is 53.4 Å². The first-order valence-corrected chi connectivity index (χ1v) is 10.5. The minimum absolute atomic E-state index is 0.0237. The summed E-state index contributed by atoms with van der Waals surface area (Å²) in [6.07, 6.45) is 9.80. The number of ether oxygens (including phenoxy) is 1. The van der Waals surface area contributed by atoms with Gasteiger partial charge in [0.1, 0.15) is 0 Å². The molecule has 0 bridgehead atoms. The molecule has 2 saturated carbocycles. The van der Waals surface area contributed by atoms with Crippen molar-refractivity contribution in [3.05, 3.63) is 35.5 Å². The number of rotatable bonds is 3. The van der Waals surface area contributed by atoms with E-state index in [1.54, 1.807) is 12.2 Å². The first-order chi connectivity index (χ1) is 13.5. The summed E-state index contributed by atoms with van der Waals surface area (Å²) < 4.78 is 4.95. The number of esters is 1. The number of hydrogen-bond acceptors (Lipinski definition) is 5. The fourth-order valence-corrected chi connectivity index (χ4v) is 6.89. The van der Waals surface area contributed by atoms with Gasteiger partial charge in [0.15, 0.2) is 18.2 Å². The van der Waals surface area contributed by atoms with Crippen molar-refractivity contribution in [2.75, 3.05) is 6.61 Å². The SMILES string of the molecule is CC(=O)OCC(=O)C1=CC[C@H]2[C@@H]3CCC4=CC(=O)C=C[C@]4(C)[C@@]3(C)[C@@H](O)C[C@]12C. The van der Waals surface area contributed by atoms with Gasteiger partial charge in [-0.05, 0) is 49.7 Å². The van der Waals surface area contributed by atoms with Crippen molar-refractivity contribution in [3.63, 3.8) is 0 Å². The zero-order valence-corrected chi connectivity index (χ0v) is 17.7. The van der Waals surface area contributed by atoms with E-state index in [-0.39, 0.29) is 35.4 Å². The van der Waals surface area contributed by atoms with Crippen LogP contribution in [0, 0.1) is 28.1 Å². The van der Waals surface area contributed by atoms with E-state index in [1.165, 1.54) is 6.92 Å². The predicted molar refractivity (Wildman–Crippen MR) is 108 cm³/mol. The molecule has 4 aliphatic carbocycles. The molecule has 0 heterocycles. The van der Waals surface area contributed by atoms with Gasteiger partial charge >= 0.3 is 5.97 Å². The highest BCUT2D eigenvalue weighted by Crippen LogP contribution is 2.70. The third kappa shape index (κ3) is 2.66. The highest BCUT2D eigenvalue weighted by atomic mass is 16.5. The molecule has 29 heavy (non-hydrogen) atoms. The molecule has 1 N–H and O–H groups in total. The third-order valence-electron chi connectivity index (χ3n) is 8.69. The number of fused-ring (bicyclic) bond motifs is 5. The van der Waals surface area contributed by atoms with Gasteiger partial charge < -0.3 is 9.84 Å². The summed E-state index contributed by atoms with van der Waals surface area (Å²) in [5.41, 5.74) is 0.622. The maximum absolute atomic E-state index is 12.8. The molecule has 0 unspecified atom stereocenters. The van der Waals surface area contributed by atoms with Crippen LogP contribution in [0.25, 0.3) is 0 Å². The largest absolute Gasteiger partial charge is 0.457 e. The Morgan fingerprint density at radius 3 is 2.66 bits per heavy atom. The highest BCUT2D eigenvalue weighted by Gasteiger charge is 2.66. The smallest absolute Gasteiger partial charge is 0.303 e. The molecule has 0 saturated heterocycles. The summed E-state index contributed by atoms with van der Waals surface area (Å²) in [5, 5.41) is 11.5. The van der Waals surface area contributed by atoms with Gasteiger partial charge in [-0.25, -0.2) is 0 Å². The molecular weight excluding hydrogens is 368 g/mol. The van der Waals surface area contributed by atoms with Crippen molar-refractivity contribution >= 4 is 17.5 Å². The number of hydrogen-bond donors (Lipinski definition) is 1. The Labute approximate surface area is 171 Å². The molecule has 0 aromatic rings. The summed E-state index contributed by atoms with van der Waals surface area (Å²) in [4.78, 5) is 35.9. The lowest BCUT2D eigenvalue weighted by molar-refractivity contribution is -0.165. The van der Waals surface area contributed by atoms with Crippen molar-refractivity contribution in [2.45, 2.75) is 59.5 Å². The van der Waals surface area contributed by atoms with Crippen LogP contribution in [-0.4, -0.2) is 35.4 Å². The third-order valence-corrected chi connectivity index (χ3v) is 8.69. The number of carbonyl (C=O) groups excluding carboxylic acids is 3. The monoisotopic (exact) mass is 398 g/mol. The highest BCUT2D eigenvalue weighted by molar-refractivity contribution is 6.01. The van der Waals surface area contributed by atoms with Crippen LogP contribution in [0.5, 0.6) is 0 Å². The zero-order valence-electron chi connectivity index (χ0n) is 17.7. The number of aliphatic hydroxyl groups excluding tert-OH is 1. The van der Waals surface area contributed by atoms with E-state index in [2.05, 4.69) is 20.8 Å². The van der Waals surface area contributed by atoms with E-state index in [9.17, 15) is 19.5 Å². The van der Waals surface area contributed by atoms with Gasteiger partial charge in [0.05, 0.1) is 6.10 Å². The van der Waals surface area contributed by atoms with Gasteiger partial charge in [0, 0.05) is 28.7 Å².